The molecule has 0 aliphatic heterocycles. The Kier molecular flexibility index (Phi) is 5.31. The fourth-order valence-electron chi connectivity index (χ4n) is 2.42. The number of benzene rings is 3. The minimum Gasteiger partial charge on any atom is -0.497 e. The number of hydrogen-bond acceptors (Lipinski definition) is 4. The summed E-state index contributed by atoms with van der Waals surface area (Å²) in [6, 6.07) is 14.2. The van der Waals surface area contributed by atoms with E-state index in [2.05, 4.69) is 0 Å². The highest BCUT2D eigenvalue weighted by molar-refractivity contribution is 5.84. The first-order valence-corrected chi connectivity index (χ1v) is 7.85. The first-order valence-electron chi connectivity index (χ1n) is 7.85. The molecule has 4 nitrogen and oxygen atoms in total. The summed E-state index contributed by atoms with van der Waals surface area (Å²) in [6.07, 6.45) is 0. The van der Waals surface area contributed by atoms with Crippen molar-refractivity contribution in [2.45, 2.75) is 6.61 Å². The Morgan fingerprint density at radius 1 is 0.962 bits per heavy atom. The molecule has 0 spiro atoms. The summed E-state index contributed by atoms with van der Waals surface area (Å²) in [4.78, 5) is 11.8. The van der Waals surface area contributed by atoms with Gasteiger partial charge in [0.15, 0.2) is 18.2 Å². The van der Waals surface area contributed by atoms with Crippen molar-refractivity contribution in [3.8, 4) is 11.5 Å². The number of carbonyl (C=O) groups excluding carboxylic acids is 1. The van der Waals surface area contributed by atoms with Gasteiger partial charge in [0.05, 0.1) is 7.11 Å². The minimum atomic E-state index is -0.872. The van der Waals surface area contributed by atoms with Gasteiger partial charge in [0.25, 0.3) is 0 Å². The molecular weight excluding hydrogens is 342 g/mol. The van der Waals surface area contributed by atoms with E-state index in [-0.39, 0.29) is 12.4 Å². The fraction of sp³-hybridized carbons (Fsp3) is 0.150. The van der Waals surface area contributed by atoms with Crippen molar-refractivity contribution in [3.05, 3.63) is 71.8 Å². The van der Waals surface area contributed by atoms with Crippen LogP contribution in [-0.4, -0.2) is 19.7 Å². The molecule has 6 heteroatoms. The summed E-state index contributed by atoms with van der Waals surface area (Å²) in [7, 11) is 1.61. The van der Waals surface area contributed by atoms with Crippen molar-refractivity contribution in [1.82, 2.24) is 0 Å². The third-order valence-corrected chi connectivity index (χ3v) is 3.75. The number of ether oxygens (including phenoxy) is 3. The molecule has 3 rings (SSSR count). The maximum absolute atomic E-state index is 13.4. The highest BCUT2D eigenvalue weighted by atomic mass is 19.1. The molecule has 0 saturated heterocycles. The maximum Gasteiger partial charge on any atom is 0.344 e. The number of halogens is 2. The first-order chi connectivity index (χ1) is 12.5. The van der Waals surface area contributed by atoms with Crippen molar-refractivity contribution < 1.29 is 27.8 Å². The molecule has 0 aliphatic carbocycles. The molecule has 0 atom stereocenters. The highest BCUT2D eigenvalue weighted by Crippen LogP contribution is 2.22. The van der Waals surface area contributed by atoms with Gasteiger partial charge in [0, 0.05) is 6.07 Å². The number of rotatable bonds is 6. The number of carbonyl (C=O) groups is 1. The fourth-order valence-corrected chi connectivity index (χ4v) is 2.42. The van der Waals surface area contributed by atoms with Crippen LogP contribution in [0.15, 0.2) is 54.6 Å². The summed E-state index contributed by atoms with van der Waals surface area (Å²) in [5.41, 5.74) is 0.809. The largest absolute Gasteiger partial charge is 0.497 e. The lowest BCUT2D eigenvalue weighted by atomic mass is 10.1. The zero-order valence-corrected chi connectivity index (χ0v) is 14.0. The summed E-state index contributed by atoms with van der Waals surface area (Å²) >= 11 is 0. The average Bonchev–Trinajstić information content (AvgIpc) is 2.65. The van der Waals surface area contributed by atoms with Crippen LogP contribution in [0.4, 0.5) is 8.78 Å². The lowest BCUT2D eigenvalue weighted by Crippen LogP contribution is -2.15. The number of hydrogen-bond donors (Lipinski definition) is 0. The molecule has 0 radical (unpaired) electrons. The second-order valence-electron chi connectivity index (χ2n) is 5.57. The third kappa shape index (κ3) is 4.27. The van der Waals surface area contributed by atoms with E-state index in [1.165, 1.54) is 0 Å². The van der Waals surface area contributed by atoms with E-state index in [1.54, 1.807) is 7.11 Å². The van der Waals surface area contributed by atoms with Crippen molar-refractivity contribution in [3.63, 3.8) is 0 Å². The molecule has 0 bridgehead atoms. The quantitative estimate of drug-likeness (QED) is 0.618. The van der Waals surface area contributed by atoms with Crippen LogP contribution in [0, 0.1) is 11.6 Å². The van der Waals surface area contributed by atoms with Crippen LogP contribution in [0.3, 0.4) is 0 Å². The van der Waals surface area contributed by atoms with Crippen molar-refractivity contribution in [2.75, 3.05) is 13.7 Å². The van der Waals surface area contributed by atoms with Gasteiger partial charge >= 0.3 is 5.97 Å². The van der Waals surface area contributed by atoms with Crippen LogP contribution in [0.5, 0.6) is 11.5 Å². The van der Waals surface area contributed by atoms with Crippen LogP contribution in [0.2, 0.25) is 0 Å². The Morgan fingerprint density at radius 3 is 2.50 bits per heavy atom. The van der Waals surface area contributed by atoms with Crippen LogP contribution >= 0.6 is 0 Å². The van der Waals surface area contributed by atoms with E-state index in [0.717, 1.165) is 34.2 Å². The van der Waals surface area contributed by atoms with Gasteiger partial charge in [-0.2, -0.15) is 0 Å². The molecule has 3 aromatic carbocycles. The summed E-state index contributed by atoms with van der Waals surface area (Å²) in [5, 5.41) is 2.00. The Labute approximate surface area is 148 Å². The lowest BCUT2D eigenvalue weighted by molar-refractivity contribution is -0.147. The van der Waals surface area contributed by atoms with Crippen LogP contribution < -0.4 is 9.47 Å². The average molecular weight is 358 g/mol. The van der Waals surface area contributed by atoms with Crippen LogP contribution in [0.1, 0.15) is 5.56 Å². The van der Waals surface area contributed by atoms with Crippen LogP contribution in [0.25, 0.3) is 10.8 Å². The molecule has 0 saturated carbocycles. The molecule has 0 amide bonds. The van der Waals surface area contributed by atoms with Crippen molar-refractivity contribution >= 4 is 16.7 Å². The van der Waals surface area contributed by atoms with E-state index >= 15 is 0 Å². The summed E-state index contributed by atoms with van der Waals surface area (Å²) in [6.45, 7) is -0.399. The van der Waals surface area contributed by atoms with Gasteiger partial charge in [-0.3, -0.25) is 0 Å². The maximum atomic E-state index is 13.4. The minimum absolute atomic E-state index is 0.0655. The first kappa shape index (κ1) is 17.7. The molecule has 0 N–H and O–H groups in total. The van der Waals surface area contributed by atoms with Crippen LogP contribution in [-0.2, 0) is 16.1 Å². The van der Waals surface area contributed by atoms with Gasteiger partial charge < -0.3 is 14.2 Å². The molecule has 0 aliphatic rings. The molecular formula is C20H16F2O4. The molecule has 0 aromatic heterocycles. The van der Waals surface area contributed by atoms with E-state index in [4.69, 9.17) is 14.2 Å². The summed E-state index contributed by atoms with van der Waals surface area (Å²) in [5.74, 6) is -1.68. The third-order valence-electron chi connectivity index (χ3n) is 3.75. The van der Waals surface area contributed by atoms with Crippen molar-refractivity contribution in [2.24, 2.45) is 0 Å². The summed E-state index contributed by atoms with van der Waals surface area (Å²) < 4.78 is 41.6. The van der Waals surface area contributed by atoms with Gasteiger partial charge in [-0.1, -0.05) is 18.2 Å². The number of methoxy groups -OCH3 is 1. The van der Waals surface area contributed by atoms with Gasteiger partial charge in [-0.05, 0) is 46.7 Å². The van der Waals surface area contributed by atoms with E-state index in [1.807, 2.05) is 36.4 Å². The second-order valence-corrected chi connectivity index (χ2v) is 5.57. The van der Waals surface area contributed by atoms with Gasteiger partial charge in [-0.25, -0.2) is 13.6 Å². The Hall–Kier alpha value is -3.15. The Bertz CT molecular complexity index is 940. The SMILES string of the molecule is COc1ccc2cc(COC(=O)COc3ccc(F)cc3F)ccc2c1. The molecule has 3 aromatic rings. The van der Waals surface area contributed by atoms with Crippen molar-refractivity contribution in [1.29, 1.82) is 0 Å². The number of esters is 1. The predicted molar refractivity (Wildman–Crippen MR) is 92.1 cm³/mol. The Balaban J connectivity index is 1.56. The monoisotopic (exact) mass is 358 g/mol. The molecule has 26 heavy (non-hydrogen) atoms. The second kappa shape index (κ2) is 7.82. The van der Waals surface area contributed by atoms with E-state index in [9.17, 15) is 13.6 Å². The van der Waals surface area contributed by atoms with Gasteiger partial charge in [-0.15, -0.1) is 0 Å². The molecule has 0 unspecified atom stereocenters. The smallest absolute Gasteiger partial charge is 0.344 e. The van der Waals surface area contributed by atoms with E-state index in [0.29, 0.717) is 6.07 Å². The topological polar surface area (TPSA) is 44.8 Å². The normalized spacial score (nSPS) is 10.6. The Morgan fingerprint density at radius 2 is 1.73 bits per heavy atom. The standard InChI is InChI=1S/C20H16F2O4/c1-24-17-6-4-14-8-13(2-3-15(14)9-17)11-26-20(23)12-25-19-7-5-16(21)10-18(19)22/h2-10H,11-12H2,1H3. The van der Waals surface area contributed by atoms with E-state index < -0.39 is 24.2 Å². The van der Waals surface area contributed by atoms with Gasteiger partial charge in [0.2, 0.25) is 0 Å². The zero-order chi connectivity index (χ0) is 18.5. The predicted octanol–water partition coefficient (Wildman–Crippen LogP) is 4.25. The lowest BCUT2D eigenvalue weighted by Gasteiger charge is -2.09. The van der Waals surface area contributed by atoms with Gasteiger partial charge in [0.1, 0.15) is 18.2 Å². The molecule has 134 valence electrons. The molecule has 0 fully saturated rings. The molecule has 0 heterocycles. The highest BCUT2D eigenvalue weighted by Gasteiger charge is 2.09. The number of fused-ring (bicyclic) bond motifs is 1. The zero-order valence-electron chi connectivity index (χ0n) is 14.0.